The Morgan fingerprint density at radius 3 is 2.86 bits per heavy atom. The van der Waals surface area contributed by atoms with Crippen molar-refractivity contribution in [3.63, 3.8) is 0 Å². The van der Waals surface area contributed by atoms with Crippen molar-refractivity contribution in [2.45, 2.75) is 50.8 Å². The van der Waals surface area contributed by atoms with E-state index in [1.807, 2.05) is 18.2 Å². The van der Waals surface area contributed by atoms with Gasteiger partial charge in [-0.1, -0.05) is 30.7 Å². The number of benzene rings is 1. The summed E-state index contributed by atoms with van der Waals surface area (Å²) < 4.78 is 5.72. The summed E-state index contributed by atoms with van der Waals surface area (Å²) in [6.07, 6.45) is 3.18. The molecule has 1 aromatic rings. The van der Waals surface area contributed by atoms with Gasteiger partial charge in [-0.2, -0.15) is 0 Å². The number of rotatable bonds is 5. The second-order valence-corrected chi connectivity index (χ2v) is 6.74. The number of hydrogen-bond donors (Lipinski definition) is 1. The maximum Gasteiger partial charge on any atom is 0.0777 e. The van der Waals surface area contributed by atoms with Crippen LogP contribution in [0.25, 0.3) is 0 Å². The van der Waals surface area contributed by atoms with E-state index >= 15 is 0 Å². The van der Waals surface area contributed by atoms with E-state index in [9.17, 15) is 0 Å². The molecule has 2 N–H and O–H groups in total. The topological polar surface area (TPSA) is 38.5 Å². The molecule has 118 valence electrons. The van der Waals surface area contributed by atoms with Crippen molar-refractivity contribution in [2.24, 2.45) is 5.73 Å². The smallest absolute Gasteiger partial charge is 0.0777 e. The van der Waals surface area contributed by atoms with E-state index in [4.69, 9.17) is 22.1 Å². The largest absolute Gasteiger partial charge is 0.377 e. The Hall–Kier alpha value is -0.610. The van der Waals surface area contributed by atoms with Crippen molar-refractivity contribution >= 4 is 11.6 Å². The van der Waals surface area contributed by atoms with Crippen LogP contribution >= 0.6 is 11.6 Å². The van der Waals surface area contributed by atoms with Crippen LogP contribution in [0.1, 0.15) is 44.7 Å². The first-order chi connectivity index (χ1) is 9.99. The van der Waals surface area contributed by atoms with Gasteiger partial charge in [0.1, 0.15) is 0 Å². The zero-order valence-electron chi connectivity index (χ0n) is 13.3. The molecule has 1 aliphatic rings. The number of halogens is 1. The van der Waals surface area contributed by atoms with Crippen LogP contribution in [0, 0.1) is 0 Å². The molecule has 3 unspecified atom stereocenters. The number of methoxy groups -OCH3 is 1. The lowest BCUT2D eigenvalue weighted by atomic mass is 9.89. The Morgan fingerprint density at radius 2 is 2.24 bits per heavy atom. The molecule has 1 fully saturated rings. The fraction of sp³-hybridized carbons (Fsp3) is 0.647. The average Bonchev–Trinajstić information content (AvgIpc) is 2.47. The Kier molecular flexibility index (Phi) is 5.67. The Morgan fingerprint density at radius 1 is 1.48 bits per heavy atom. The van der Waals surface area contributed by atoms with Crippen LogP contribution in [0.5, 0.6) is 0 Å². The Labute approximate surface area is 133 Å². The molecule has 1 aromatic carbocycles. The second-order valence-electron chi connectivity index (χ2n) is 6.30. The molecule has 0 saturated carbocycles. The lowest BCUT2D eigenvalue weighted by Gasteiger charge is -2.45. The molecule has 0 aromatic heterocycles. The van der Waals surface area contributed by atoms with Crippen molar-refractivity contribution in [1.82, 2.24) is 4.90 Å². The van der Waals surface area contributed by atoms with Crippen LogP contribution < -0.4 is 5.73 Å². The van der Waals surface area contributed by atoms with Gasteiger partial charge in [0.2, 0.25) is 0 Å². The van der Waals surface area contributed by atoms with E-state index in [2.05, 4.69) is 24.8 Å². The van der Waals surface area contributed by atoms with Crippen molar-refractivity contribution in [3.8, 4) is 0 Å². The van der Waals surface area contributed by atoms with Gasteiger partial charge in [0.05, 0.1) is 11.6 Å². The van der Waals surface area contributed by atoms with E-state index in [-0.39, 0.29) is 17.7 Å². The standard InChI is InChI=1S/C17H27ClN2O/c1-4-15(19)16(13-7-5-8-14(18)11-13)20-10-6-9-17(2,12-20)21-3/h5,7-8,11,15-16H,4,6,9-10,12,19H2,1-3H3. The molecule has 0 aliphatic carbocycles. The van der Waals surface area contributed by atoms with Crippen LogP contribution in [0.4, 0.5) is 0 Å². The van der Waals surface area contributed by atoms with Gasteiger partial charge in [-0.15, -0.1) is 0 Å². The number of nitrogens with two attached hydrogens (primary N) is 1. The molecule has 2 rings (SSSR count). The third kappa shape index (κ3) is 3.98. The van der Waals surface area contributed by atoms with Crippen LogP contribution in [-0.2, 0) is 4.74 Å². The number of piperidine rings is 1. The van der Waals surface area contributed by atoms with Crippen molar-refractivity contribution in [2.75, 3.05) is 20.2 Å². The summed E-state index contributed by atoms with van der Waals surface area (Å²) in [7, 11) is 1.80. The molecular weight excluding hydrogens is 284 g/mol. The SMILES string of the molecule is CCC(N)C(c1cccc(Cl)c1)N1CCCC(C)(OC)C1. The van der Waals surface area contributed by atoms with Gasteiger partial charge < -0.3 is 10.5 Å². The first-order valence-corrected chi connectivity index (χ1v) is 8.17. The number of ether oxygens (including phenoxy) is 1. The summed E-state index contributed by atoms with van der Waals surface area (Å²) in [6, 6.07) is 8.39. The van der Waals surface area contributed by atoms with Gasteiger partial charge in [-0.05, 0) is 50.4 Å². The third-order valence-electron chi connectivity index (χ3n) is 4.64. The van der Waals surface area contributed by atoms with Crippen LogP contribution in [0.15, 0.2) is 24.3 Å². The summed E-state index contributed by atoms with van der Waals surface area (Å²) in [6.45, 7) is 6.30. The zero-order chi connectivity index (χ0) is 15.5. The van der Waals surface area contributed by atoms with Gasteiger partial charge in [0.15, 0.2) is 0 Å². The highest BCUT2D eigenvalue weighted by Gasteiger charge is 2.36. The fourth-order valence-electron chi connectivity index (χ4n) is 3.29. The summed E-state index contributed by atoms with van der Waals surface area (Å²) in [5.41, 5.74) is 7.56. The number of likely N-dealkylation sites (tertiary alicyclic amines) is 1. The molecule has 4 heteroatoms. The number of hydrogen-bond acceptors (Lipinski definition) is 3. The van der Waals surface area contributed by atoms with E-state index in [1.165, 1.54) is 5.56 Å². The zero-order valence-corrected chi connectivity index (χ0v) is 14.1. The fourth-order valence-corrected chi connectivity index (χ4v) is 3.49. The minimum atomic E-state index is -0.0808. The van der Waals surface area contributed by atoms with Crippen molar-refractivity contribution in [3.05, 3.63) is 34.9 Å². The van der Waals surface area contributed by atoms with Gasteiger partial charge in [0, 0.05) is 24.7 Å². The minimum Gasteiger partial charge on any atom is -0.377 e. The van der Waals surface area contributed by atoms with Gasteiger partial charge in [0.25, 0.3) is 0 Å². The Balaban J connectivity index is 2.28. The maximum absolute atomic E-state index is 6.43. The molecule has 0 amide bonds. The highest BCUT2D eigenvalue weighted by atomic mass is 35.5. The van der Waals surface area contributed by atoms with Gasteiger partial charge >= 0.3 is 0 Å². The van der Waals surface area contributed by atoms with Crippen molar-refractivity contribution in [1.29, 1.82) is 0 Å². The first kappa shape index (κ1) is 16.8. The summed E-state index contributed by atoms with van der Waals surface area (Å²) in [4.78, 5) is 2.47. The van der Waals surface area contributed by atoms with Crippen LogP contribution in [0.2, 0.25) is 5.02 Å². The molecule has 21 heavy (non-hydrogen) atoms. The monoisotopic (exact) mass is 310 g/mol. The Bertz CT molecular complexity index is 468. The van der Waals surface area contributed by atoms with Crippen LogP contribution in [-0.4, -0.2) is 36.7 Å². The van der Waals surface area contributed by atoms with Crippen LogP contribution in [0.3, 0.4) is 0 Å². The second kappa shape index (κ2) is 7.10. The van der Waals surface area contributed by atoms with E-state index in [1.54, 1.807) is 7.11 Å². The molecule has 3 nitrogen and oxygen atoms in total. The van der Waals surface area contributed by atoms with E-state index in [0.29, 0.717) is 0 Å². The summed E-state index contributed by atoms with van der Waals surface area (Å²) >= 11 is 6.18. The third-order valence-corrected chi connectivity index (χ3v) is 4.88. The van der Waals surface area contributed by atoms with E-state index < -0.39 is 0 Å². The first-order valence-electron chi connectivity index (χ1n) is 7.79. The van der Waals surface area contributed by atoms with Crippen molar-refractivity contribution < 1.29 is 4.74 Å². The minimum absolute atomic E-state index is 0.0808. The lowest BCUT2D eigenvalue weighted by Crippen LogP contribution is -2.52. The molecule has 1 heterocycles. The molecule has 1 aliphatic heterocycles. The molecule has 3 atom stereocenters. The normalized spacial score (nSPS) is 26.5. The highest BCUT2D eigenvalue weighted by molar-refractivity contribution is 6.30. The predicted octanol–water partition coefficient (Wildman–Crippen LogP) is 3.62. The quantitative estimate of drug-likeness (QED) is 0.902. The predicted molar refractivity (Wildman–Crippen MR) is 88.7 cm³/mol. The van der Waals surface area contributed by atoms with E-state index in [0.717, 1.165) is 37.4 Å². The molecule has 0 radical (unpaired) electrons. The molecule has 0 bridgehead atoms. The molecule has 0 spiro atoms. The number of nitrogens with zero attached hydrogens (tertiary/aromatic N) is 1. The highest BCUT2D eigenvalue weighted by Crippen LogP contribution is 2.33. The average molecular weight is 311 g/mol. The lowest BCUT2D eigenvalue weighted by molar-refractivity contribution is -0.0643. The molecular formula is C17H27ClN2O. The van der Waals surface area contributed by atoms with Gasteiger partial charge in [-0.25, -0.2) is 0 Å². The summed E-state index contributed by atoms with van der Waals surface area (Å²) in [5.74, 6) is 0. The summed E-state index contributed by atoms with van der Waals surface area (Å²) in [5, 5.41) is 0.771. The molecule has 1 saturated heterocycles. The maximum atomic E-state index is 6.43. The van der Waals surface area contributed by atoms with Gasteiger partial charge in [-0.3, -0.25) is 4.90 Å².